The van der Waals surface area contributed by atoms with Crippen LogP contribution in [0.5, 0.6) is 5.75 Å². The van der Waals surface area contributed by atoms with E-state index in [1.54, 1.807) is 18.2 Å². The standard InChI is InChI=1S/C30H34F5NO4S/c1-20(22-9-11-24(31)12-10-22)18-36(19-21-7-5-8-23(15-21)30(33,34)35)13-6-14-40-25-16-26(32)28(29(2,3)37)27(17-25)41(4,38)39/h5,7-12,15-17,20,37H,6,13-14,18-19H2,1-4H3. The van der Waals surface area contributed by atoms with Crippen molar-refractivity contribution in [3.8, 4) is 5.75 Å². The van der Waals surface area contributed by atoms with Crippen LogP contribution in [0.15, 0.2) is 65.6 Å². The van der Waals surface area contributed by atoms with E-state index in [-0.39, 0.29) is 41.1 Å². The average molecular weight is 600 g/mol. The van der Waals surface area contributed by atoms with Gasteiger partial charge in [-0.15, -0.1) is 0 Å². The number of hydrogen-bond acceptors (Lipinski definition) is 5. The summed E-state index contributed by atoms with van der Waals surface area (Å²) in [7, 11) is -3.89. The monoisotopic (exact) mass is 599 g/mol. The third kappa shape index (κ3) is 9.24. The van der Waals surface area contributed by atoms with Crippen molar-refractivity contribution in [2.24, 2.45) is 0 Å². The SMILES string of the molecule is CC(CN(CCCOc1cc(F)c(C(C)(C)O)c(S(C)(=O)=O)c1)Cc1cccc(C(F)(F)F)c1)c1ccc(F)cc1. The molecule has 5 nitrogen and oxygen atoms in total. The Morgan fingerprint density at radius 2 is 1.66 bits per heavy atom. The number of benzene rings is 3. The number of hydrogen-bond donors (Lipinski definition) is 1. The second kappa shape index (κ2) is 12.9. The molecule has 0 aliphatic rings. The van der Waals surface area contributed by atoms with Crippen molar-refractivity contribution < 1.29 is 40.2 Å². The minimum atomic E-state index is -4.48. The normalized spacial score (nSPS) is 13.4. The van der Waals surface area contributed by atoms with Crippen LogP contribution in [0, 0.1) is 11.6 Å². The minimum Gasteiger partial charge on any atom is -0.493 e. The summed E-state index contributed by atoms with van der Waals surface area (Å²) < 4.78 is 98.3. The Morgan fingerprint density at radius 1 is 1.00 bits per heavy atom. The van der Waals surface area contributed by atoms with Crippen molar-refractivity contribution >= 4 is 9.84 Å². The number of rotatable bonds is 12. The van der Waals surface area contributed by atoms with Crippen LogP contribution < -0.4 is 4.74 Å². The molecule has 41 heavy (non-hydrogen) atoms. The van der Waals surface area contributed by atoms with E-state index in [1.807, 2.05) is 11.8 Å². The second-order valence-corrected chi connectivity index (χ2v) is 12.7. The fourth-order valence-corrected chi connectivity index (χ4v) is 5.68. The smallest absolute Gasteiger partial charge is 0.416 e. The number of ether oxygens (including phenoxy) is 1. The van der Waals surface area contributed by atoms with Crippen LogP contribution >= 0.6 is 0 Å². The molecular formula is C30H34F5NO4S. The van der Waals surface area contributed by atoms with Gasteiger partial charge in [-0.2, -0.15) is 13.2 Å². The van der Waals surface area contributed by atoms with Crippen LogP contribution in [0.1, 0.15) is 55.4 Å². The Bertz CT molecular complexity index is 1430. The first kappa shape index (κ1) is 32.5. The molecule has 0 aliphatic carbocycles. The van der Waals surface area contributed by atoms with Gasteiger partial charge in [0.05, 0.1) is 22.7 Å². The van der Waals surface area contributed by atoms with E-state index in [0.717, 1.165) is 30.0 Å². The molecule has 0 saturated carbocycles. The highest BCUT2D eigenvalue weighted by atomic mass is 32.2. The van der Waals surface area contributed by atoms with Crippen molar-refractivity contribution in [2.75, 3.05) is 26.0 Å². The van der Waals surface area contributed by atoms with Gasteiger partial charge < -0.3 is 9.84 Å². The molecule has 1 atom stereocenters. The predicted octanol–water partition coefficient (Wildman–Crippen LogP) is 6.69. The molecule has 11 heteroatoms. The first-order valence-electron chi connectivity index (χ1n) is 13.0. The van der Waals surface area contributed by atoms with E-state index >= 15 is 0 Å². The summed E-state index contributed by atoms with van der Waals surface area (Å²) in [4.78, 5) is 1.58. The highest BCUT2D eigenvalue weighted by Crippen LogP contribution is 2.34. The molecule has 0 aliphatic heterocycles. The molecule has 3 aromatic carbocycles. The van der Waals surface area contributed by atoms with E-state index in [2.05, 4.69) is 0 Å². The lowest BCUT2D eigenvalue weighted by Crippen LogP contribution is -2.29. The number of halogens is 5. The Hall–Kier alpha value is -3.02. The summed E-state index contributed by atoms with van der Waals surface area (Å²) in [5.74, 6) is -1.39. The van der Waals surface area contributed by atoms with Gasteiger partial charge in [-0.3, -0.25) is 4.90 Å². The van der Waals surface area contributed by atoms with Crippen LogP contribution in [0.4, 0.5) is 22.0 Å². The lowest BCUT2D eigenvalue weighted by atomic mass is 9.97. The summed E-state index contributed by atoms with van der Waals surface area (Å²) in [5.41, 5.74) is -1.51. The Morgan fingerprint density at radius 3 is 2.24 bits per heavy atom. The molecule has 0 radical (unpaired) electrons. The third-order valence-electron chi connectivity index (χ3n) is 6.56. The molecule has 1 unspecified atom stereocenters. The highest BCUT2D eigenvalue weighted by molar-refractivity contribution is 7.90. The zero-order chi connectivity index (χ0) is 30.6. The van der Waals surface area contributed by atoms with Crippen molar-refractivity contribution in [3.05, 3.63) is 94.6 Å². The molecule has 224 valence electrons. The zero-order valence-electron chi connectivity index (χ0n) is 23.3. The van der Waals surface area contributed by atoms with Gasteiger partial charge in [0, 0.05) is 37.5 Å². The summed E-state index contributed by atoms with van der Waals surface area (Å²) >= 11 is 0. The van der Waals surface area contributed by atoms with Gasteiger partial charge in [-0.25, -0.2) is 17.2 Å². The van der Waals surface area contributed by atoms with E-state index < -0.39 is 33.0 Å². The summed E-state index contributed by atoms with van der Waals surface area (Å²) in [6.07, 6.45) is -3.18. The highest BCUT2D eigenvalue weighted by Gasteiger charge is 2.31. The Kier molecular flexibility index (Phi) is 10.2. The summed E-state index contributed by atoms with van der Waals surface area (Å²) in [5, 5.41) is 10.3. The molecule has 1 N–H and O–H groups in total. The quantitative estimate of drug-likeness (QED) is 0.186. The number of nitrogens with zero attached hydrogens (tertiary/aromatic N) is 1. The van der Waals surface area contributed by atoms with Crippen LogP contribution in [-0.2, 0) is 28.2 Å². The van der Waals surface area contributed by atoms with Crippen LogP contribution in [0.2, 0.25) is 0 Å². The predicted molar refractivity (Wildman–Crippen MR) is 146 cm³/mol. The minimum absolute atomic E-state index is 0.0277. The van der Waals surface area contributed by atoms with Gasteiger partial charge in [0.2, 0.25) is 0 Å². The molecular weight excluding hydrogens is 565 g/mol. The Labute approximate surface area is 237 Å². The first-order chi connectivity index (χ1) is 18.9. The average Bonchev–Trinajstić information content (AvgIpc) is 2.85. The van der Waals surface area contributed by atoms with Crippen molar-refractivity contribution in [3.63, 3.8) is 0 Å². The van der Waals surface area contributed by atoms with E-state index in [9.17, 15) is 35.5 Å². The van der Waals surface area contributed by atoms with Gasteiger partial charge in [0.15, 0.2) is 9.84 Å². The molecule has 0 bridgehead atoms. The molecule has 3 aromatic rings. The topological polar surface area (TPSA) is 66.8 Å². The van der Waals surface area contributed by atoms with Crippen molar-refractivity contribution in [2.45, 2.75) is 56.3 Å². The Balaban J connectivity index is 1.75. The lowest BCUT2D eigenvalue weighted by molar-refractivity contribution is -0.137. The molecule has 0 spiro atoms. The van der Waals surface area contributed by atoms with Gasteiger partial charge in [0.25, 0.3) is 0 Å². The van der Waals surface area contributed by atoms with E-state index in [1.165, 1.54) is 38.1 Å². The fourth-order valence-electron chi connectivity index (χ4n) is 4.63. The number of sulfone groups is 1. The van der Waals surface area contributed by atoms with Crippen LogP contribution in [-0.4, -0.2) is 44.4 Å². The lowest BCUT2D eigenvalue weighted by Gasteiger charge is -2.27. The van der Waals surface area contributed by atoms with Crippen LogP contribution in [0.3, 0.4) is 0 Å². The molecule has 0 fully saturated rings. The largest absolute Gasteiger partial charge is 0.493 e. The summed E-state index contributed by atoms with van der Waals surface area (Å²) in [6.45, 7) is 5.62. The van der Waals surface area contributed by atoms with E-state index in [4.69, 9.17) is 4.74 Å². The molecule has 3 rings (SSSR count). The zero-order valence-corrected chi connectivity index (χ0v) is 24.1. The molecule has 0 heterocycles. The van der Waals surface area contributed by atoms with Crippen molar-refractivity contribution in [1.29, 1.82) is 0 Å². The van der Waals surface area contributed by atoms with Crippen molar-refractivity contribution in [1.82, 2.24) is 4.90 Å². The summed E-state index contributed by atoms with van der Waals surface area (Å²) in [6, 6.07) is 13.3. The van der Waals surface area contributed by atoms with Gasteiger partial charge in [-0.05, 0) is 61.6 Å². The maximum Gasteiger partial charge on any atom is 0.416 e. The van der Waals surface area contributed by atoms with Gasteiger partial charge in [-0.1, -0.05) is 37.3 Å². The van der Waals surface area contributed by atoms with E-state index in [0.29, 0.717) is 25.1 Å². The molecule has 0 amide bonds. The maximum absolute atomic E-state index is 14.8. The third-order valence-corrected chi connectivity index (χ3v) is 7.68. The second-order valence-electron chi connectivity index (χ2n) is 10.7. The van der Waals surface area contributed by atoms with Gasteiger partial charge in [0.1, 0.15) is 17.4 Å². The van der Waals surface area contributed by atoms with Crippen LogP contribution in [0.25, 0.3) is 0 Å². The fraction of sp³-hybridized carbons (Fsp3) is 0.400. The maximum atomic E-state index is 14.8. The first-order valence-corrected chi connectivity index (χ1v) is 14.9. The number of alkyl halides is 3. The molecule has 0 saturated heterocycles. The number of aliphatic hydroxyl groups is 1. The molecule has 0 aromatic heterocycles. The van der Waals surface area contributed by atoms with Gasteiger partial charge >= 0.3 is 6.18 Å².